The fraction of sp³-hybridized carbons (Fsp3) is 1.00. The SMILES string of the molecule is CCCC(N)CN(C)C1CCCN(C)C1. The summed E-state index contributed by atoms with van der Waals surface area (Å²) >= 11 is 0. The summed E-state index contributed by atoms with van der Waals surface area (Å²) in [5.41, 5.74) is 6.07. The molecule has 1 rings (SSSR count). The summed E-state index contributed by atoms with van der Waals surface area (Å²) in [7, 11) is 4.44. The van der Waals surface area contributed by atoms with Crippen LogP contribution in [0.3, 0.4) is 0 Å². The molecule has 1 aliphatic rings. The minimum absolute atomic E-state index is 0.354. The fourth-order valence-electron chi connectivity index (χ4n) is 2.48. The van der Waals surface area contributed by atoms with Gasteiger partial charge in [0.1, 0.15) is 0 Å². The van der Waals surface area contributed by atoms with Crippen LogP contribution in [0.5, 0.6) is 0 Å². The third-order valence-electron chi connectivity index (χ3n) is 3.40. The van der Waals surface area contributed by atoms with Gasteiger partial charge in [-0.1, -0.05) is 13.3 Å². The molecule has 0 spiro atoms. The first-order valence-electron chi connectivity index (χ1n) is 6.27. The lowest BCUT2D eigenvalue weighted by molar-refractivity contribution is 0.128. The van der Waals surface area contributed by atoms with Crippen LogP contribution in [0.4, 0.5) is 0 Å². The molecule has 1 aliphatic heterocycles. The van der Waals surface area contributed by atoms with Crippen LogP contribution in [0.2, 0.25) is 0 Å². The highest BCUT2D eigenvalue weighted by molar-refractivity contribution is 4.79. The lowest BCUT2D eigenvalue weighted by Crippen LogP contribution is -2.48. The van der Waals surface area contributed by atoms with Gasteiger partial charge in [0, 0.05) is 25.2 Å². The van der Waals surface area contributed by atoms with Gasteiger partial charge in [-0.05, 0) is 39.9 Å². The summed E-state index contributed by atoms with van der Waals surface area (Å²) in [6.45, 7) is 5.71. The van der Waals surface area contributed by atoms with Crippen molar-refractivity contribution in [3.05, 3.63) is 0 Å². The minimum atomic E-state index is 0.354. The van der Waals surface area contributed by atoms with Crippen LogP contribution in [-0.4, -0.2) is 55.6 Å². The topological polar surface area (TPSA) is 32.5 Å². The number of hydrogen-bond acceptors (Lipinski definition) is 3. The minimum Gasteiger partial charge on any atom is -0.327 e. The van der Waals surface area contributed by atoms with Gasteiger partial charge in [0.15, 0.2) is 0 Å². The van der Waals surface area contributed by atoms with Gasteiger partial charge >= 0.3 is 0 Å². The third kappa shape index (κ3) is 4.49. The molecule has 0 saturated carbocycles. The van der Waals surface area contributed by atoms with E-state index in [1.165, 1.54) is 32.4 Å². The Bertz CT molecular complexity index is 172. The van der Waals surface area contributed by atoms with E-state index in [2.05, 4.69) is 30.8 Å². The van der Waals surface area contributed by atoms with Gasteiger partial charge in [-0.15, -0.1) is 0 Å². The molecular formula is C12H27N3. The second kappa shape index (κ2) is 6.46. The lowest BCUT2D eigenvalue weighted by atomic mass is 10.0. The molecule has 0 amide bonds. The predicted molar refractivity (Wildman–Crippen MR) is 66.0 cm³/mol. The molecule has 3 nitrogen and oxygen atoms in total. The van der Waals surface area contributed by atoms with Gasteiger partial charge in [-0.2, -0.15) is 0 Å². The second-order valence-corrected chi connectivity index (χ2v) is 5.05. The second-order valence-electron chi connectivity index (χ2n) is 5.05. The van der Waals surface area contributed by atoms with Crippen molar-refractivity contribution in [3.8, 4) is 0 Å². The molecule has 1 fully saturated rings. The molecule has 0 bridgehead atoms. The Morgan fingerprint density at radius 2 is 2.27 bits per heavy atom. The van der Waals surface area contributed by atoms with Gasteiger partial charge < -0.3 is 15.5 Å². The van der Waals surface area contributed by atoms with Crippen LogP contribution in [-0.2, 0) is 0 Å². The predicted octanol–water partition coefficient (Wildman–Crippen LogP) is 1.14. The summed E-state index contributed by atoms with van der Waals surface area (Å²) in [5, 5.41) is 0. The quantitative estimate of drug-likeness (QED) is 0.743. The first kappa shape index (κ1) is 12.9. The van der Waals surface area contributed by atoms with E-state index in [-0.39, 0.29) is 0 Å². The van der Waals surface area contributed by atoms with E-state index in [1.807, 2.05) is 0 Å². The Balaban J connectivity index is 2.28. The van der Waals surface area contributed by atoms with Gasteiger partial charge in [0.25, 0.3) is 0 Å². The zero-order chi connectivity index (χ0) is 11.3. The van der Waals surface area contributed by atoms with Crippen LogP contribution in [0, 0.1) is 0 Å². The summed E-state index contributed by atoms with van der Waals surface area (Å²) < 4.78 is 0. The van der Waals surface area contributed by atoms with E-state index < -0.39 is 0 Å². The monoisotopic (exact) mass is 213 g/mol. The molecule has 1 saturated heterocycles. The van der Waals surface area contributed by atoms with Crippen LogP contribution in [0.15, 0.2) is 0 Å². The lowest BCUT2D eigenvalue weighted by Gasteiger charge is -2.36. The number of hydrogen-bond donors (Lipinski definition) is 1. The van der Waals surface area contributed by atoms with Crippen LogP contribution < -0.4 is 5.73 Å². The van der Waals surface area contributed by atoms with Crippen LogP contribution in [0.25, 0.3) is 0 Å². The summed E-state index contributed by atoms with van der Waals surface area (Å²) in [4.78, 5) is 4.88. The van der Waals surface area contributed by atoms with Crippen molar-refractivity contribution >= 4 is 0 Å². The van der Waals surface area contributed by atoms with Crippen molar-refractivity contribution in [2.75, 3.05) is 33.7 Å². The molecular weight excluding hydrogens is 186 g/mol. The molecule has 0 radical (unpaired) electrons. The van der Waals surface area contributed by atoms with E-state index >= 15 is 0 Å². The zero-order valence-corrected chi connectivity index (χ0v) is 10.6. The highest BCUT2D eigenvalue weighted by Crippen LogP contribution is 2.13. The number of piperidine rings is 1. The molecule has 1 heterocycles. The largest absolute Gasteiger partial charge is 0.327 e. The first-order chi connectivity index (χ1) is 7.13. The van der Waals surface area contributed by atoms with Crippen LogP contribution in [0.1, 0.15) is 32.6 Å². The maximum absolute atomic E-state index is 6.07. The normalized spacial score (nSPS) is 25.8. The number of nitrogens with two attached hydrogens (primary N) is 1. The van der Waals surface area contributed by atoms with Gasteiger partial charge in [0.2, 0.25) is 0 Å². The molecule has 0 aromatic carbocycles. The van der Waals surface area contributed by atoms with E-state index in [1.54, 1.807) is 0 Å². The summed E-state index contributed by atoms with van der Waals surface area (Å²) in [6, 6.07) is 1.07. The third-order valence-corrected chi connectivity index (χ3v) is 3.40. The van der Waals surface area contributed by atoms with Crippen molar-refractivity contribution in [2.24, 2.45) is 5.73 Å². The van der Waals surface area contributed by atoms with E-state index in [9.17, 15) is 0 Å². The Kier molecular flexibility index (Phi) is 5.58. The van der Waals surface area contributed by atoms with E-state index in [4.69, 9.17) is 5.73 Å². The van der Waals surface area contributed by atoms with Crippen molar-refractivity contribution in [2.45, 2.75) is 44.7 Å². The molecule has 0 aliphatic carbocycles. The van der Waals surface area contributed by atoms with Gasteiger partial charge in [-0.25, -0.2) is 0 Å². The number of likely N-dealkylation sites (tertiary alicyclic amines) is 1. The molecule has 90 valence electrons. The average Bonchev–Trinajstić information content (AvgIpc) is 2.18. The average molecular weight is 213 g/mol. The van der Waals surface area contributed by atoms with Crippen LogP contribution >= 0.6 is 0 Å². The Morgan fingerprint density at radius 3 is 2.87 bits per heavy atom. The highest BCUT2D eigenvalue weighted by atomic mass is 15.2. The van der Waals surface area contributed by atoms with Gasteiger partial charge in [-0.3, -0.25) is 0 Å². The van der Waals surface area contributed by atoms with E-state index in [0.29, 0.717) is 12.1 Å². The van der Waals surface area contributed by atoms with Crippen molar-refractivity contribution in [1.29, 1.82) is 0 Å². The maximum Gasteiger partial charge on any atom is 0.0221 e. The molecule has 3 heteroatoms. The zero-order valence-electron chi connectivity index (χ0n) is 10.6. The van der Waals surface area contributed by atoms with Gasteiger partial charge in [0.05, 0.1) is 0 Å². The number of rotatable bonds is 5. The van der Waals surface area contributed by atoms with E-state index in [0.717, 1.165) is 13.0 Å². The Morgan fingerprint density at radius 1 is 1.53 bits per heavy atom. The Labute approximate surface area is 94.6 Å². The molecule has 2 atom stereocenters. The number of likely N-dealkylation sites (N-methyl/N-ethyl adjacent to an activating group) is 2. The van der Waals surface area contributed by atoms with Crippen molar-refractivity contribution in [3.63, 3.8) is 0 Å². The first-order valence-corrected chi connectivity index (χ1v) is 6.27. The summed E-state index contributed by atoms with van der Waals surface area (Å²) in [5.74, 6) is 0. The maximum atomic E-state index is 6.07. The number of nitrogens with zero attached hydrogens (tertiary/aromatic N) is 2. The molecule has 0 aromatic heterocycles. The molecule has 15 heavy (non-hydrogen) atoms. The van der Waals surface area contributed by atoms with Crippen molar-refractivity contribution in [1.82, 2.24) is 9.80 Å². The molecule has 0 aromatic rings. The summed E-state index contributed by atoms with van der Waals surface area (Å²) in [6.07, 6.45) is 5.00. The highest BCUT2D eigenvalue weighted by Gasteiger charge is 2.21. The molecule has 2 N–H and O–H groups in total. The smallest absolute Gasteiger partial charge is 0.0221 e. The standard InChI is InChI=1S/C12H27N3/c1-4-6-11(13)9-15(3)12-7-5-8-14(2)10-12/h11-12H,4-10,13H2,1-3H3. The van der Waals surface area contributed by atoms with Crippen molar-refractivity contribution < 1.29 is 0 Å². The fourth-order valence-corrected chi connectivity index (χ4v) is 2.48. The Hall–Kier alpha value is -0.120. The molecule has 2 unspecified atom stereocenters.